The summed E-state index contributed by atoms with van der Waals surface area (Å²) in [6.07, 6.45) is 0.600. The van der Waals surface area contributed by atoms with Crippen molar-refractivity contribution < 1.29 is 12.8 Å². The summed E-state index contributed by atoms with van der Waals surface area (Å²) in [5.41, 5.74) is 0.714. The van der Waals surface area contributed by atoms with Gasteiger partial charge in [-0.1, -0.05) is 0 Å². The molecule has 1 aliphatic heterocycles. The van der Waals surface area contributed by atoms with E-state index in [9.17, 15) is 12.8 Å². The first kappa shape index (κ1) is 16.6. The van der Waals surface area contributed by atoms with Crippen molar-refractivity contribution in [3.05, 3.63) is 42.0 Å². The van der Waals surface area contributed by atoms with Crippen molar-refractivity contribution in [2.45, 2.75) is 19.4 Å². The molecule has 0 amide bonds. The van der Waals surface area contributed by atoms with Gasteiger partial charge in [0.2, 0.25) is 0 Å². The third-order valence-corrected chi connectivity index (χ3v) is 5.81. The molecule has 0 spiro atoms. The van der Waals surface area contributed by atoms with Crippen molar-refractivity contribution in [3.63, 3.8) is 0 Å². The molecule has 1 aliphatic rings. The molecule has 0 aliphatic carbocycles. The number of halogens is 1. The molecule has 6 nitrogen and oxygen atoms in total. The summed E-state index contributed by atoms with van der Waals surface area (Å²) >= 11 is 0. The minimum absolute atomic E-state index is 0.0806. The highest BCUT2D eigenvalue weighted by atomic mass is 32.2. The van der Waals surface area contributed by atoms with Crippen LogP contribution in [0, 0.1) is 12.7 Å². The lowest BCUT2D eigenvalue weighted by Crippen LogP contribution is -2.33. The number of anilines is 3. The maximum absolute atomic E-state index is 13.0. The first-order valence-corrected chi connectivity index (χ1v) is 9.46. The Balaban J connectivity index is 1.82. The highest BCUT2D eigenvalue weighted by Crippen LogP contribution is 2.24. The number of nitrogens with zero attached hydrogens (tertiary/aromatic N) is 3. The lowest BCUT2D eigenvalue weighted by atomic mass is 10.2. The van der Waals surface area contributed by atoms with Gasteiger partial charge in [-0.15, -0.1) is 0 Å². The molecular formula is C16H19FN4O2S. The van der Waals surface area contributed by atoms with Gasteiger partial charge in [0, 0.05) is 24.8 Å². The third-order valence-electron chi connectivity index (χ3n) is 4.06. The second-order valence-electron chi connectivity index (χ2n) is 5.96. The molecule has 1 unspecified atom stereocenters. The fourth-order valence-electron chi connectivity index (χ4n) is 2.75. The number of hydrogen-bond acceptors (Lipinski definition) is 6. The topological polar surface area (TPSA) is 75.2 Å². The lowest BCUT2D eigenvalue weighted by Gasteiger charge is -2.25. The third kappa shape index (κ3) is 3.81. The summed E-state index contributed by atoms with van der Waals surface area (Å²) in [5, 5.41) is 3.11. The van der Waals surface area contributed by atoms with Gasteiger partial charge in [-0.2, -0.15) is 0 Å². The van der Waals surface area contributed by atoms with E-state index in [1.165, 1.54) is 12.1 Å². The molecular weight excluding hydrogens is 331 g/mol. The van der Waals surface area contributed by atoms with Gasteiger partial charge < -0.3 is 10.2 Å². The van der Waals surface area contributed by atoms with Gasteiger partial charge >= 0.3 is 0 Å². The van der Waals surface area contributed by atoms with Crippen LogP contribution >= 0.6 is 0 Å². The first-order chi connectivity index (χ1) is 11.3. The second kappa shape index (κ2) is 6.35. The molecule has 0 saturated carbocycles. The van der Waals surface area contributed by atoms with Crippen molar-refractivity contribution in [3.8, 4) is 0 Å². The monoisotopic (exact) mass is 350 g/mol. The molecule has 128 valence electrons. The molecule has 8 heteroatoms. The summed E-state index contributed by atoms with van der Waals surface area (Å²) in [7, 11) is -1.12. The summed E-state index contributed by atoms with van der Waals surface area (Å²) in [6.45, 7) is 1.78. The zero-order valence-corrected chi connectivity index (χ0v) is 14.3. The van der Waals surface area contributed by atoms with Crippen LogP contribution in [0.1, 0.15) is 12.2 Å². The van der Waals surface area contributed by atoms with Crippen molar-refractivity contribution in [2.75, 3.05) is 28.8 Å². The second-order valence-corrected chi connectivity index (χ2v) is 8.19. The molecule has 0 bridgehead atoms. The Labute approximate surface area is 140 Å². The maximum atomic E-state index is 13.0. The van der Waals surface area contributed by atoms with Gasteiger partial charge in [-0.25, -0.2) is 22.8 Å². The van der Waals surface area contributed by atoms with Gasteiger partial charge in [0.25, 0.3) is 0 Å². The molecule has 3 rings (SSSR count). The van der Waals surface area contributed by atoms with Crippen LogP contribution in [0.3, 0.4) is 0 Å². The fraction of sp³-hybridized carbons (Fsp3) is 0.375. The lowest BCUT2D eigenvalue weighted by molar-refractivity contribution is 0.600. The van der Waals surface area contributed by atoms with E-state index in [0.717, 1.165) is 0 Å². The van der Waals surface area contributed by atoms with E-state index in [1.54, 1.807) is 25.1 Å². The summed E-state index contributed by atoms with van der Waals surface area (Å²) < 4.78 is 36.3. The highest BCUT2D eigenvalue weighted by Gasteiger charge is 2.31. The van der Waals surface area contributed by atoms with Crippen LogP contribution in [0.4, 0.5) is 21.7 Å². The summed E-state index contributed by atoms with van der Waals surface area (Å²) in [6, 6.07) is 7.67. The first-order valence-electron chi connectivity index (χ1n) is 7.64. The number of nitrogens with one attached hydrogen (secondary N) is 1. The van der Waals surface area contributed by atoms with Crippen LogP contribution in [0.2, 0.25) is 0 Å². The van der Waals surface area contributed by atoms with Crippen molar-refractivity contribution >= 4 is 27.2 Å². The number of sulfone groups is 1. The zero-order chi connectivity index (χ0) is 17.3. The quantitative estimate of drug-likeness (QED) is 0.912. The van der Waals surface area contributed by atoms with Gasteiger partial charge in [0.15, 0.2) is 9.84 Å². The molecule has 1 aromatic heterocycles. The van der Waals surface area contributed by atoms with Crippen LogP contribution in [0.5, 0.6) is 0 Å². The Morgan fingerprint density at radius 3 is 2.58 bits per heavy atom. The summed E-state index contributed by atoms with van der Waals surface area (Å²) in [5.74, 6) is 1.87. The van der Waals surface area contributed by atoms with Gasteiger partial charge in [-0.05, 0) is 37.6 Å². The highest BCUT2D eigenvalue weighted by molar-refractivity contribution is 7.91. The molecule has 1 fully saturated rings. The Kier molecular flexibility index (Phi) is 4.40. The molecule has 1 atom stereocenters. The van der Waals surface area contributed by atoms with Crippen LogP contribution in [-0.2, 0) is 9.84 Å². The number of aromatic nitrogens is 2. The van der Waals surface area contributed by atoms with E-state index in [4.69, 9.17) is 0 Å². The van der Waals surface area contributed by atoms with Crippen molar-refractivity contribution in [1.82, 2.24) is 9.97 Å². The van der Waals surface area contributed by atoms with Crippen molar-refractivity contribution in [2.24, 2.45) is 0 Å². The Morgan fingerprint density at radius 1 is 1.25 bits per heavy atom. The number of rotatable bonds is 4. The number of aryl methyl sites for hydroxylation is 1. The van der Waals surface area contributed by atoms with E-state index in [0.29, 0.717) is 29.6 Å². The SMILES string of the molecule is Cc1nc(Nc2ccc(F)cc2)cc(N(C)C2CCS(=O)(=O)C2)n1. The number of benzene rings is 1. The molecule has 1 N–H and O–H groups in total. The van der Waals surface area contributed by atoms with Crippen LogP contribution in [0.15, 0.2) is 30.3 Å². The zero-order valence-electron chi connectivity index (χ0n) is 13.5. The van der Waals surface area contributed by atoms with E-state index in [2.05, 4.69) is 15.3 Å². The van der Waals surface area contributed by atoms with Gasteiger partial charge in [0.1, 0.15) is 23.3 Å². The van der Waals surface area contributed by atoms with E-state index >= 15 is 0 Å². The van der Waals surface area contributed by atoms with Crippen LogP contribution < -0.4 is 10.2 Å². The van der Waals surface area contributed by atoms with Gasteiger partial charge in [0.05, 0.1) is 11.5 Å². The maximum Gasteiger partial charge on any atom is 0.152 e. The van der Waals surface area contributed by atoms with Crippen LogP contribution in [0.25, 0.3) is 0 Å². The Morgan fingerprint density at radius 2 is 1.96 bits per heavy atom. The molecule has 1 saturated heterocycles. The number of hydrogen-bond donors (Lipinski definition) is 1. The smallest absolute Gasteiger partial charge is 0.152 e. The average Bonchev–Trinajstić information content (AvgIpc) is 2.88. The van der Waals surface area contributed by atoms with Gasteiger partial charge in [-0.3, -0.25) is 0 Å². The molecule has 2 aromatic rings. The molecule has 1 aromatic carbocycles. The summed E-state index contributed by atoms with van der Waals surface area (Å²) in [4.78, 5) is 10.6. The average molecular weight is 350 g/mol. The largest absolute Gasteiger partial charge is 0.355 e. The normalized spacial score (nSPS) is 19.2. The van der Waals surface area contributed by atoms with E-state index < -0.39 is 9.84 Å². The Hall–Kier alpha value is -2.22. The fourth-order valence-corrected chi connectivity index (χ4v) is 4.52. The van der Waals surface area contributed by atoms with E-state index in [1.807, 2.05) is 11.9 Å². The molecule has 24 heavy (non-hydrogen) atoms. The minimum atomic E-state index is -2.96. The predicted molar refractivity (Wildman–Crippen MR) is 91.9 cm³/mol. The standard InChI is InChI=1S/C16H19FN4O2S/c1-11-18-15(20-13-5-3-12(17)4-6-13)9-16(19-11)21(2)14-7-8-24(22,23)10-14/h3-6,9,14H,7-8,10H2,1-2H3,(H,18,19,20). The van der Waals surface area contributed by atoms with Crippen molar-refractivity contribution in [1.29, 1.82) is 0 Å². The molecule has 0 radical (unpaired) electrons. The van der Waals surface area contributed by atoms with Crippen LogP contribution in [-0.4, -0.2) is 43.0 Å². The Bertz CT molecular complexity index is 840. The predicted octanol–water partition coefficient (Wildman–Crippen LogP) is 2.29. The minimum Gasteiger partial charge on any atom is -0.355 e. The van der Waals surface area contributed by atoms with E-state index in [-0.39, 0.29) is 23.4 Å². The molecule has 2 heterocycles.